The van der Waals surface area contributed by atoms with Crippen LogP contribution in [-0.2, 0) is 0 Å². The SMILES string of the molecule is CC1CCN(C(NC(=O)c2ccccc2)c2cc(-c3ccccc3)ccc2O)CC1. The van der Waals surface area contributed by atoms with Crippen molar-refractivity contribution in [1.29, 1.82) is 0 Å². The summed E-state index contributed by atoms with van der Waals surface area (Å²) < 4.78 is 0. The molecule has 0 radical (unpaired) electrons. The highest BCUT2D eigenvalue weighted by atomic mass is 16.3. The summed E-state index contributed by atoms with van der Waals surface area (Å²) in [5.41, 5.74) is 3.45. The number of nitrogens with zero attached hydrogens (tertiary/aromatic N) is 1. The molecule has 0 aromatic heterocycles. The fourth-order valence-corrected chi connectivity index (χ4v) is 4.03. The minimum atomic E-state index is -0.381. The zero-order valence-electron chi connectivity index (χ0n) is 17.3. The molecule has 2 N–H and O–H groups in total. The van der Waals surface area contributed by atoms with Crippen LogP contribution in [0.25, 0.3) is 11.1 Å². The second-order valence-electron chi connectivity index (χ2n) is 8.10. The molecule has 0 saturated carbocycles. The summed E-state index contributed by atoms with van der Waals surface area (Å²) in [6.45, 7) is 4.04. The molecule has 3 aromatic carbocycles. The number of phenols is 1. The van der Waals surface area contributed by atoms with E-state index in [1.807, 2.05) is 60.7 Å². The molecule has 1 aliphatic rings. The van der Waals surface area contributed by atoms with E-state index in [-0.39, 0.29) is 17.8 Å². The summed E-state index contributed by atoms with van der Waals surface area (Å²) in [5, 5.41) is 13.9. The highest BCUT2D eigenvalue weighted by molar-refractivity contribution is 5.94. The maximum Gasteiger partial charge on any atom is 0.252 e. The van der Waals surface area contributed by atoms with Gasteiger partial charge in [-0.2, -0.15) is 0 Å². The molecule has 3 aromatic rings. The highest BCUT2D eigenvalue weighted by Gasteiger charge is 2.28. The Kier molecular flexibility index (Phi) is 6.15. The van der Waals surface area contributed by atoms with E-state index in [1.165, 1.54) is 0 Å². The molecule has 0 spiro atoms. The number of phenolic OH excluding ortho intramolecular Hbond substituents is 1. The third kappa shape index (κ3) is 4.55. The number of hydrogen-bond acceptors (Lipinski definition) is 3. The smallest absolute Gasteiger partial charge is 0.252 e. The van der Waals surface area contributed by atoms with Gasteiger partial charge in [-0.25, -0.2) is 0 Å². The van der Waals surface area contributed by atoms with Gasteiger partial charge in [-0.1, -0.05) is 61.5 Å². The standard InChI is InChI=1S/C26H28N2O2/c1-19-14-16-28(17-15-19)25(27-26(30)21-10-6-3-7-11-21)23-18-22(12-13-24(23)29)20-8-4-2-5-9-20/h2-13,18-19,25,29H,14-17H2,1H3,(H,27,30). The van der Waals surface area contributed by atoms with Crippen LogP contribution < -0.4 is 5.32 Å². The minimum absolute atomic E-state index is 0.135. The number of carbonyl (C=O) groups is 1. The molecule has 1 heterocycles. The monoisotopic (exact) mass is 400 g/mol. The molecule has 4 rings (SSSR count). The summed E-state index contributed by atoms with van der Waals surface area (Å²) in [6.07, 6.45) is 1.78. The van der Waals surface area contributed by atoms with Gasteiger partial charge in [0.05, 0.1) is 0 Å². The molecular formula is C26H28N2O2. The number of aromatic hydroxyl groups is 1. The molecule has 1 fully saturated rings. The third-order valence-corrected chi connectivity index (χ3v) is 5.92. The molecule has 0 aliphatic carbocycles. The van der Waals surface area contributed by atoms with E-state index in [4.69, 9.17) is 0 Å². The predicted octanol–water partition coefficient (Wildman–Crippen LogP) is 5.22. The number of likely N-dealkylation sites (tertiary alicyclic amines) is 1. The van der Waals surface area contributed by atoms with Crippen molar-refractivity contribution in [3.63, 3.8) is 0 Å². The molecule has 30 heavy (non-hydrogen) atoms. The first-order valence-electron chi connectivity index (χ1n) is 10.6. The number of rotatable bonds is 5. The van der Waals surface area contributed by atoms with Crippen LogP contribution in [0, 0.1) is 5.92 Å². The summed E-state index contributed by atoms with van der Waals surface area (Å²) in [7, 11) is 0. The Bertz CT molecular complexity index is 980. The number of amides is 1. The average molecular weight is 401 g/mol. The lowest BCUT2D eigenvalue weighted by Gasteiger charge is -2.37. The van der Waals surface area contributed by atoms with Gasteiger partial charge in [-0.15, -0.1) is 0 Å². The van der Waals surface area contributed by atoms with Gasteiger partial charge in [-0.05, 0) is 54.2 Å². The fraction of sp³-hybridized carbons (Fsp3) is 0.269. The zero-order valence-corrected chi connectivity index (χ0v) is 17.3. The molecule has 1 unspecified atom stereocenters. The normalized spacial score (nSPS) is 16.2. The van der Waals surface area contributed by atoms with E-state index in [2.05, 4.69) is 29.3 Å². The average Bonchev–Trinajstić information content (AvgIpc) is 2.80. The Labute approximate surface area is 178 Å². The first-order valence-corrected chi connectivity index (χ1v) is 10.6. The van der Waals surface area contributed by atoms with Crippen LogP contribution in [0.2, 0.25) is 0 Å². The molecule has 0 bridgehead atoms. The van der Waals surface area contributed by atoms with Crippen molar-refractivity contribution in [2.75, 3.05) is 13.1 Å². The van der Waals surface area contributed by atoms with E-state index in [1.54, 1.807) is 6.07 Å². The van der Waals surface area contributed by atoms with Crippen molar-refractivity contribution in [1.82, 2.24) is 10.2 Å². The molecule has 154 valence electrons. The number of nitrogens with one attached hydrogen (secondary N) is 1. The lowest BCUT2D eigenvalue weighted by Crippen LogP contribution is -2.44. The molecule has 4 nitrogen and oxygen atoms in total. The number of carbonyl (C=O) groups excluding carboxylic acids is 1. The molecular weight excluding hydrogens is 372 g/mol. The van der Waals surface area contributed by atoms with Crippen LogP contribution in [0.15, 0.2) is 78.9 Å². The molecule has 1 amide bonds. The quantitative estimate of drug-likeness (QED) is 0.617. The Morgan fingerprint density at radius 1 is 0.933 bits per heavy atom. The summed E-state index contributed by atoms with van der Waals surface area (Å²) >= 11 is 0. The van der Waals surface area contributed by atoms with Gasteiger partial charge >= 0.3 is 0 Å². The second-order valence-corrected chi connectivity index (χ2v) is 8.10. The molecule has 1 saturated heterocycles. The van der Waals surface area contributed by atoms with E-state index in [0.717, 1.165) is 42.6 Å². The van der Waals surface area contributed by atoms with Gasteiger partial charge < -0.3 is 10.4 Å². The largest absolute Gasteiger partial charge is 0.508 e. The van der Waals surface area contributed by atoms with Crippen molar-refractivity contribution in [2.45, 2.75) is 25.9 Å². The predicted molar refractivity (Wildman–Crippen MR) is 120 cm³/mol. The van der Waals surface area contributed by atoms with Crippen molar-refractivity contribution in [3.05, 3.63) is 90.0 Å². The lowest BCUT2D eigenvalue weighted by atomic mass is 9.96. The van der Waals surface area contributed by atoms with Crippen molar-refractivity contribution >= 4 is 5.91 Å². The number of benzene rings is 3. The van der Waals surface area contributed by atoms with Gasteiger partial charge in [0.25, 0.3) is 5.91 Å². The van der Waals surface area contributed by atoms with Crippen molar-refractivity contribution in [2.24, 2.45) is 5.92 Å². The highest BCUT2D eigenvalue weighted by Crippen LogP contribution is 2.34. The topological polar surface area (TPSA) is 52.6 Å². The first-order chi connectivity index (χ1) is 14.6. The number of hydrogen-bond donors (Lipinski definition) is 2. The Morgan fingerprint density at radius 2 is 1.57 bits per heavy atom. The third-order valence-electron chi connectivity index (χ3n) is 5.92. The maximum atomic E-state index is 13.0. The van der Waals surface area contributed by atoms with Gasteiger partial charge in [-0.3, -0.25) is 9.69 Å². The molecule has 1 atom stereocenters. The van der Waals surface area contributed by atoms with Crippen LogP contribution in [0.5, 0.6) is 5.75 Å². The van der Waals surface area contributed by atoms with Crippen LogP contribution in [-0.4, -0.2) is 29.0 Å². The van der Waals surface area contributed by atoms with E-state index >= 15 is 0 Å². The van der Waals surface area contributed by atoms with E-state index < -0.39 is 0 Å². The minimum Gasteiger partial charge on any atom is -0.508 e. The van der Waals surface area contributed by atoms with E-state index in [9.17, 15) is 9.90 Å². The zero-order chi connectivity index (χ0) is 20.9. The van der Waals surface area contributed by atoms with Gasteiger partial charge in [0, 0.05) is 24.2 Å². The number of piperidine rings is 1. The van der Waals surface area contributed by atoms with Crippen molar-refractivity contribution < 1.29 is 9.90 Å². The summed E-state index contributed by atoms with van der Waals surface area (Å²) in [6, 6.07) is 25.0. The van der Waals surface area contributed by atoms with E-state index in [0.29, 0.717) is 11.5 Å². The van der Waals surface area contributed by atoms with Gasteiger partial charge in [0.2, 0.25) is 0 Å². The van der Waals surface area contributed by atoms with Crippen LogP contribution in [0.3, 0.4) is 0 Å². The van der Waals surface area contributed by atoms with Gasteiger partial charge in [0.15, 0.2) is 0 Å². The fourth-order valence-electron chi connectivity index (χ4n) is 4.03. The second kappa shape index (κ2) is 9.14. The Hall–Kier alpha value is -3.11. The van der Waals surface area contributed by atoms with Crippen molar-refractivity contribution in [3.8, 4) is 16.9 Å². The first kappa shape index (κ1) is 20.2. The molecule has 1 aliphatic heterocycles. The summed E-state index contributed by atoms with van der Waals surface area (Å²) in [4.78, 5) is 15.3. The maximum absolute atomic E-state index is 13.0. The van der Waals surface area contributed by atoms with Crippen LogP contribution >= 0.6 is 0 Å². The van der Waals surface area contributed by atoms with Gasteiger partial charge in [0.1, 0.15) is 11.9 Å². The lowest BCUT2D eigenvalue weighted by molar-refractivity contribution is 0.0772. The summed E-state index contributed by atoms with van der Waals surface area (Å²) in [5.74, 6) is 0.742. The van der Waals surface area contributed by atoms with Crippen LogP contribution in [0.1, 0.15) is 41.9 Å². The molecule has 4 heteroatoms. The Morgan fingerprint density at radius 3 is 2.23 bits per heavy atom. The van der Waals surface area contributed by atoms with Crippen LogP contribution in [0.4, 0.5) is 0 Å². The Balaban J connectivity index is 1.69.